The summed E-state index contributed by atoms with van der Waals surface area (Å²) in [6.45, 7) is 2.94. The van der Waals surface area contributed by atoms with Gasteiger partial charge < -0.3 is 10.6 Å². The van der Waals surface area contributed by atoms with Gasteiger partial charge in [-0.1, -0.05) is 30.3 Å². The van der Waals surface area contributed by atoms with E-state index in [-0.39, 0.29) is 6.03 Å². The van der Waals surface area contributed by atoms with Crippen molar-refractivity contribution in [2.45, 2.75) is 20.0 Å². The number of hydrogen-bond donors (Lipinski definition) is 2. The Morgan fingerprint density at radius 1 is 1.22 bits per heavy atom. The lowest BCUT2D eigenvalue weighted by Gasteiger charge is -2.06. The summed E-state index contributed by atoms with van der Waals surface area (Å²) in [7, 11) is 0. The first-order valence-corrected chi connectivity index (χ1v) is 6.58. The van der Waals surface area contributed by atoms with Crippen molar-refractivity contribution >= 4 is 17.4 Å². The summed E-state index contributed by atoms with van der Waals surface area (Å²) in [6, 6.07) is 9.64. The van der Waals surface area contributed by atoms with Gasteiger partial charge in [0.05, 0.1) is 6.54 Å². The first kappa shape index (κ1) is 12.6. The number of nitrogens with one attached hydrogen (secondary N) is 2. The van der Waals surface area contributed by atoms with E-state index in [0.29, 0.717) is 13.1 Å². The molecule has 0 radical (unpaired) electrons. The van der Waals surface area contributed by atoms with Crippen LogP contribution >= 0.6 is 11.3 Å². The molecular formula is C13H15N3OS. The zero-order chi connectivity index (χ0) is 12.8. The fraction of sp³-hybridized carbons (Fsp3) is 0.231. The lowest BCUT2D eigenvalue weighted by atomic mass is 10.2. The topological polar surface area (TPSA) is 54.0 Å². The second-order valence-electron chi connectivity index (χ2n) is 3.90. The third kappa shape index (κ3) is 3.85. The summed E-state index contributed by atoms with van der Waals surface area (Å²) in [5.74, 6) is 0. The van der Waals surface area contributed by atoms with Crippen molar-refractivity contribution in [3.05, 3.63) is 52.0 Å². The minimum atomic E-state index is -0.174. The Hall–Kier alpha value is -1.88. The van der Waals surface area contributed by atoms with Gasteiger partial charge in [-0.3, -0.25) is 0 Å². The molecule has 2 amide bonds. The number of amides is 2. The molecule has 4 nitrogen and oxygen atoms in total. The van der Waals surface area contributed by atoms with E-state index in [4.69, 9.17) is 0 Å². The van der Waals surface area contributed by atoms with Crippen LogP contribution in [0.4, 0.5) is 4.79 Å². The number of thiazole rings is 1. The summed E-state index contributed by atoms with van der Waals surface area (Å²) >= 11 is 1.55. The molecule has 2 rings (SSSR count). The lowest BCUT2D eigenvalue weighted by Crippen LogP contribution is -2.34. The fourth-order valence-electron chi connectivity index (χ4n) is 1.48. The normalized spacial score (nSPS) is 10.1. The van der Waals surface area contributed by atoms with Gasteiger partial charge in [0.15, 0.2) is 0 Å². The van der Waals surface area contributed by atoms with Crippen molar-refractivity contribution in [2.24, 2.45) is 0 Å². The van der Waals surface area contributed by atoms with Crippen molar-refractivity contribution in [1.82, 2.24) is 15.6 Å². The van der Waals surface area contributed by atoms with E-state index < -0.39 is 0 Å². The van der Waals surface area contributed by atoms with E-state index in [1.165, 1.54) is 0 Å². The SMILES string of the molecule is Cc1csc(CNC(=O)NCc2ccccc2)n1. The Kier molecular flexibility index (Phi) is 4.30. The molecule has 5 heteroatoms. The van der Waals surface area contributed by atoms with Crippen LogP contribution in [0, 0.1) is 6.92 Å². The van der Waals surface area contributed by atoms with Gasteiger partial charge in [0, 0.05) is 17.6 Å². The predicted octanol–water partition coefficient (Wildman–Crippen LogP) is 2.45. The quantitative estimate of drug-likeness (QED) is 0.888. The van der Waals surface area contributed by atoms with Crippen LogP contribution in [0.5, 0.6) is 0 Å². The summed E-state index contributed by atoms with van der Waals surface area (Å²) in [4.78, 5) is 15.8. The molecule has 0 saturated carbocycles. The number of benzene rings is 1. The van der Waals surface area contributed by atoms with Crippen molar-refractivity contribution in [3.8, 4) is 0 Å². The molecule has 0 bridgehead atoms. The molecule has 0 atom stereocenters. The molecule has 0 unspecified atom stereocenters. The molecule has 0 aliphatic rings. The molecule has 18 heavy (non-hydrogen) atoms. The van der Waals surface area contributed by atoms with Gasteiger partial charge >= 0.3 is 6.03 Å². The summed E-state index contributed by atoms with van der Waals surface area (Å²) < 4.78 is 0. The Bertz CT molecular complexity index is 510. The highest BCUT2D eigenvalue weighted by molar-refractivity contribution is 7.09. The van der Waals surface area contributed by atoms with Crippen LogP contribution < -0.4 is 10.6 Å². The average molecular weight is 261 g/mol. The van der Waals surface area contributed by atoms with Gasteiger partial charge in [-0.25, -0.2) is 9.78 Å². The molecule has 1 heterocycles. The minimum Gasteiger partial charge on any atom is -0.334 e. The van der Waals surface area contributed by atoms with Crippen LogP contribution in [0.1, 0.15) is 16.3 Å². The van der Waals surface area contributed by atoms with Gasteiger partial charge in [0.25, 0.3) is 0 Å². The fourth-order valence-corrected chi connectivity index (χ4v) is 2.19. The number of rotatable bonds is 4. The molecule has 0 fully saturated rings. The lowest BCUT2D eigenvalue weighted by molar-refractivity contribution is 0.240. The first-order chi connectivity index (χ1) is 8.74. The molecule has 94 valence electrons. The Labute approximate surface area is 110 Å². The molecule has 0 spiro atoms. The maximum atomic E-state index is 11.6. The molecule has 0 aliphatic carbocycles. The number of aromatic nitrogens is 1. The summed E-state index contributed by atoms with van der Waals surface area (Å²) in [5.41, 5.74) is 2.07. The molecule has 0 aliphatic heterocycles. The average Bonchev–Trinajstić information content (AvgIpc) is 2.81. The second kappa shape index (κ2) is 6.16. The largest absolute Gasteiger partial charge is 0.334 e. The number of hydrogen-bond acceptors (Lipinski definition) is 3. The monoisotopic (exact) mass is 261 g/mol. The molecule has 1 aromatic heterocycles. The summed E-state index contributed by atoms with van der Waals surface area (Å²) in [6.07, 6.45) is 0. The van der Waals surface area contributed by atoms with Crippen molar-refractivity contribution in [1.29, 1.82) is 0 Å². The van der Waals surface area contributed by atoms with Crippen molar-refractivity contribution in [2.75, 3.05) is 0 Å². The number of urea groups is 1. The number of nitrogens with zero attached hydrogens (tertiary/aromatic N) is 1. The Balaban J connectivity index is 1.73. The Morgan fingerprint density at radius 3 is 2.61 bits per heavy atom. The molecule has 2 aromatic rings. The van der Waals surface area contributed by atoms with Gasteiger partial charge in [0.2, 0.25) is 0 Å². The summed E-state index contributed by atoms with van der Waals surface area (Å²) in [5, 5.41) is 8.47. The van der Waals surface area contributed by atoms with Gasteiger partial charge in [-0.2, -0.15) is 0 Å². The number of carbonyl (C=O) groups is 1. The van der Waals surface area contributed by atoms with Crippen LogP contribution in [0.25, 0.3) is 0 Å². The van der Waals surface area contributed by atoms with Crippen LogP contribution in [0.15, 0.2) is 35.7 Å². The smallest absolute Gasteiger partial charge is 0.315 e. The zero-order valence-electron chi connectivity index (χ0n) is 10.1. The molecule has 1 aromatic carbocycles. The third-order valence-electron chi connectivity index (χ3n) is 2.36. The minimum absolute atomic E-state index is 0.174. The van der Waals surface area contributed by atoms with Gasteiger partial charge in [-0.05, 0) is 12.5 Å². The highest BCUT2D eigenvalue weighted by Gasteiger charge is 2.02. The molecular weight excluding hydrogens is 246 g/mol. The van der Waals surface area contributed by atoms with E-state index in [1.807, 2.05) is 42.6 Å². The number of carbonyl (C=O) groups excluding carboxylic acids is 1. The highest BCUT2D eigenvalue weighted by Crippen LogP contribution is 2.07. The second-order valence-corrected chi connectivity index (χ2v) is 4.85. The van der Waals surface area contributed by atoms with Crippen LogP contribution in [-0.2, 0) is 13.1 Å². The van der Waals surface area contributed by atoms with Crippen molar-refractivity contribution in [3.63, 3.8) is 0 Å². The van der Waals surface area contributed by atoms with Gasteiger partial charge in [0.1, 0.15) is 5.01 Å². The van der Waals surface area contributed by atoms with E-state index >= 15 is 0 Å². The Morgan fingerprint density at radius 2 is 1.94 bits per heavy atom. The van der Waals surface area contributed by atoms with Crippen molar-refractivity contribution < 1.29 is 4.79 Å². The first-order valence-electron chi connectivity index (χ1n) is 5.70. The maximum absolute atomic E-state index is 11.6. The number of aryl methyl sites for hydroxylation is 1. The van der Waals surface area contributed by atoms with E-state index in [2.05, 4.69) is 15.6 Å². The van der Waals surface area contributed by atoms with E-state index in [9.17, 15) is 4.79 Å². The van der Waals surface area contributed by atoms with Gasteiger partial charge in [-0.15, -0.1) is 11.3 Å². The predicted molar refractivity (Wildman–Crippen MR) is 72.4 cm³/mol. The highest BCUT2D eigenvalue weighted by atomic mass is 32.1. The molecule has 0 saturated heterocycles. The van der Waals surface area contributed by atoms with Crippen LogP contribution in [0.3, 0.4) is 0 Å². The standard InChI is InChI=1S/C13H15N3OS/c1-10-9-18-12(16-10)8-15-13(17)14-7-11-5-3-2-4-6-11/h2-6,9H,7-8H2,1H3,(H2,14,15,17). The third-order valence-corrected chi connectivity index (χ3v) is 3.33. The molecule has 2 N–H and O–H groups in total. The van der Waals surface area contributed by atoms with E-state index in [0.717, 1.165) is 16.3 Å². The van der Waals surface area contributed by atoms with E-state index in [1.54, 1.807) is 11.3 Å². The zero-order valence-corrected chi connectivity index (χ0v) is 11.0. The van der Waals surface area contributed by atoms with Crippen LogP contribution in [-0.4, -0.2) is 11.0 Å². The maximum Gasteiger partial charge on any atom is 0.315 e. The van der Waals surface area contributed by atoms with Crippen LogP contribution in [0.2, 0.25) is 0 Å².